The molecule has 0 bridgehead atoms. The molecule has 0 fully saturated rings. The SMILES string of the molecule is O=C(CSc1cn(CCNC(=O)c2ccccc2F)c2ccccc12)Nc1ccc2c(c1)OCCO2. The van der Waals surface area contributed by atoms with Gasteiger partial charge in [0.1, 0.15) is 19.0 Å². The van der Waals surface area contributed by atoms with E-state index in [9.17, 15) is 14.0 Å². The number of anilines is 1. The van der Waals surface area contributed by atoms with E-state index in [0.717, 1.165) is 15.8 Å². The first-order valence-electron chi connectivity index (χ1n) is 11.5. The predicted octanol–water partition coefficient (Wildman–Crippen LogP) is 4.71. The second kappa shape index (κ2) is 10.7. The molecule has 0 radical (unpaired) electrons. The molecular formula is C27H24FN3O4S. The van der Waals surface area contributed by atoms with Gasteiger partial charge < -0.3 is 24.7 Å². The molecule has 4 aromatic rings. The van der Waals surface area contributed by atoms with Crippen molar-refractivity contribution in [3.8, 4) is 11.5 Å². The van der Waals surface area contributed by atoms with Gasteiger partial charge in [0.25, 0.3) is 5.91 Å². The molecule has 2 N–H and O–H groups in total. The highest BCUT2D eigenvalue weighted by Crippen LogP contribution is 2.33. The zero-order valence-electron chi connectivity index (χ0n) is 19.3. The summed E-state index contributed by atoms with van der Waals surface area (Å²) in [5, 5.41) is 6.70. The van der Waals surface area contributed by atoms with Gasteiger partial charge in [-0.15, -0.1) is 11.8 Å². The maximum atomic E-state index is 13.9. The van der Waals surface area contributed by atoms with Crippen molar-refractivity contribution in [2.45, 2.75) is 11.4 Å². The Morgan fingerprint density at radius 1 is 0.972 bits per heavy atom. The van der Waals surface area contributed by atoms with Gasteiger partial charge in [0.2, 0.25) is 5.91 Å². The summed E-state index contributed by atoms with van der Waals surface area (Å²) < 4.78 is 27.0. The van der Waals surface area contributed by atoms with Gasteiger partial charge in [-0.25, -0.2) is 4.39 Å². The Morgan fingerprint density at radius 2 is 1.75 bits per heavy atom. The number of benzene rings is 3. The molecular weight excluding hydrogens is 481 g/mol. The minimum atomic E-state index is -0.547. The predicted molar refractivity (Wildman–Crippen MR) is 137 cm³/mol. The number of halogens is 1. The van der Waals surface area contributed by atoms with Crippen LogP contribution in [0.15, 0.2) is 77.8 Å². The summed E-state index contributed by atoms with van der Waals surface area (Å²) in [6.45, 7) is 1.84. The van der Waals surface area contributed by atoms with Crippen molar-refractivity contribution in [3.63, 3.8) is 0 Å². The lowest BCUT2D eigenvalue weighted by Crippen LogP contribution is -2.27. The van der Waals surface area contributed by atoms with Crippen LogP contribution in [0.1, 0.15) is 10.4 Å². The summed E-state index contributed by atoms with van der Waals surface area (Å²) in [6, 6.07) is 19.1. The third kappa shape index (κ3) is 5.31. The van der Waals surface area contributed by atoms with Gasteiger partial charge in [0.05, 0.1) is 11.3 Å². The highest BCUT2D eigenvalue weighted by molar-refractivity contribution is 8.00. The molecule has 0 aliphatic carbocycles. The largest absolute Gasteiger partial charge is 0.486 e. The lowest BCUT2D eigenvalue weighted by atomic mass is 10.2. The Hall–Kier alpha value is -3.98. The standard InChI is InChI=1S/C27H24FN3O4S/c28-21-7-3-1-5-19(21)27(33)29-11-12-31-16-25(20-6-2-4-8-22(20)31)36-17-26(32)30-18-9-10-23-24(15-18)35-14-13-34-23/h1-10,15-16H,11-14,17H2,(H,29,33)(H,30,32). The van der Waals surface area contributed by atoms with Crippen LogP contribution in [0.5, 0.6) is 11.5 Å². The molecule has 184 valence electrons. The van der Waals surface area contributed by atoms with Gasteiger partial charge in [0, 0.05) is 46.8 Å². The summed E-state index contributed by atoms with van der Waals surface area (Å²) >= 11 is 1.44. The molecule has 0 spiro atoms. The monoisotopic (exact) mass is 505 g/mol. The van der Waals surface area contributed by atoms with E-state index in [4.69, 9.17) is 9.47 Å². The Kier molecular flexibility index (Phi) is 7.08. The summed E-state index contributed by atoms with van der Waals surface area (Å²) in [5.41, 5.74) is 1.67. The van der Waals surface area contributed by atoms with E-state index in [-0.39, 0.29) is 17.2 Å². The van der Waals surface area contributed by atoms with Gasteiger partial charge in [-0.2, -0.15) is 0 Å². The van der Waals surface area contributed by atoms with E-state index < -0.39 is 11.7 Å². The van der Waals surface area contributed by atoms with Crippen LogP contribution in [0.25, 0.3) is 10.9 Å². The van der Waals surface area contributed by atoms with Crippen LogP contribution < -0.4 is 20.1 Å². The van der Waals surface area contributed by atoms with Crippen LogP contribution in [0.2, 0.25) is 0 Å². The van der Waals surface area contributed by atoms with Gasteiger partial charge >= 0.3 is 0 Å². The molecule has 3 aromatic carbocycles. The fraction of sp³-hybridized carbons (Fsp3) is 0.185. The molecule has 2 amide bonds. The number of hydrogen-bond acceptors (Lipinski definition) is 5. The van der Waals surface area contributed by atoms with E-state index in [1.807, 2.05) is 35.0 Å². The quantitative estimate of drug-likeness (QED) is 0.339. The smallest absolute Gasteiger partial charge is 0.254 e. The van der Waals surface area contributed by atoms with Gasteiger partial charge in [-0.1, -0.05) is 30.3 Å². The first kappa shape index (κ1) is 23.7. The van der Waals surface area contributed by atoms with E-state index in [1.165, 1.54) is 23.9 Å². The molecule has 9 heteroatoms. The van der Waals surface area contributed by atoms with Crippen molar-refractivity contribution in [2.24, 2.45) is 0 Å². The molecule has 5 rings (SSSR count). The van der Waals surface area contributed by atoms with E-state index in [0.29, 0.717) is 43.5 Å². The summed E-state index contributed by atoms with van der Waals surface area (Å²) in [5.74, 6) is 0.394. The van der Waals surface area contributed by atoms with Crippen molar-refractivity contribution in [3.05, 3.63) is 84.3 Å². The van der Waals surface area contributed by atoms with Crippen molar-refractivity contribution in [2.75, 3.05) is 30.8 Å². The number of para-hydroxylation sites is 1. The number of aromatic nitrogens is 1. The molecule has 0 saturated carbocycles. The van der Waals surface area contributed by atoms with E-state index in [2.05, 4.69) is 10.6 Å². The van der Waals surface area contributed by atoms with E-state index in [1.54, 1.807) is 30.3 Å². The molecule has 1 aliphatic heterocycles. The molecule has 0 atom stereocenters. The first-order valence-corrected chi connectivity index (χ1v) is 12.5. The lowest BCUT2D eigenvalue weighted by Gasteiger charge is -2.19. The highest BCUT2D eigenvalue weighted by Gasteiger charge is 2.15. The number of ether oxygens (including phenoxy) is 2. The Labute approximate surface area is 211 Å². The van der Waals surface area contributed by atoms with Crippen molar-refractivity contribution in [1.29, 1.82) is 0 Å². The average Bonchev–Trinajstić information content (AvgIpc) is 3.25. The maximum absolute atomic E-state index is 13.9. The number of fused-ring (bicyclic) bond motifs is 2. The molecule has 0 saturated heterocycles. The minimum Gasteiger partial charge on any atom is -0.486 e. The second-order valence-corrected chi connectivity index (χ2v) is 9.15. The fourth-order valence-corrected chi connectivity index (χ4v) is 4.89. The number of amides is 2. The van der Waals surface area contributed by atoms with Crippen LogP contribution in [0, 0.1) is 5.82 Å². The average molecular weight is 506 g/mol. The van der Waals surface area contributed by atoms with Crippen LogP contribution in [-0.4, -0.2) is 41.9 Å². The molecule has 1 aliphatic rings. The number of thioether (sulfide) groups is 1. The lowest BCUT2D eigenvalue weighted by molar-refractivity contribution is -0.113. The summed E-state index contributed by atoms with van der Waals surface area (Å²) in [7, 11) is 0. The van der Waals surface area contributed by atoms with E-state index >= 15 is 0 Å². The van der Waals surface area contributed by atoms with Crippen LogP contribution >= 0.6 is 11.8 Å². The molecule has 0 unspecified atom stereocenters. The minimum absolute atomic E-state index is 0.0233. The maximum Gasteiger partial charge on any atom is 0.254 e. The molecule has 1 aromatic heterocycles. The number of nitrogens with one attached hydrogen (secondary N) is 2. The van der Waals surface area contributed by atoms with Crippen LogP contribution in [0.3, 0.4) is 0 Å². The normalized spacial score (nSPS) is 12.4. The van der Waals surface area contributed by atoms with Gasteiger partial charge in [-0.3, -0.25) is 9.59 Å². The van der Waals surface area contributed by atoms with Crippen LogP contribution in [-0.2, 0) is 11.3 Å². The zero-order valence-corrected chi connectivity index (χ0v) is 20.1. The topological polar surface area (TPSA) is 81.6 Å². The van der Waals surface area contributed by atoms with Crippen LogP contribution in [0.4, 0.5) is 10.1 Å². The Morgan fingerprint density at radius 3 is 2.61 bits per heavy atom. The third-order valence-corrected chi connectivity index (χ3v) is 6.74. The Bertz CT molecular complexity index is 1420. The summed E-state index contributed by atoms with van der Waals surface area (Å²) in [6.07, 6.45) is 1.97. The molecule has 2 heterocycles. The number of nitrogens with zero attached hydrogens (tertiary/aromatic N) is 1. The Balaban J connectivity index is 1.21. The van der Waals surface area contributed by atoms with Gasteiger partial charge in [-0.05, 0) is 30.3 Å². The number of rotatable bonds is 8. The number of carbonyl (C=O) groups is 2. The van der Waals surface area contributed by atoms with Crippen molar-refractivity contribution in [1.82, 2.24) is 9.88 Å². The third-order valence-electron chi connectivity index (χ3n) is 5.69. The number of carbonyl (C=O) groups excluding carboxylic acids is 2. The van der Waals surface area contributed by atoms with Crippen molar-refractivity contribution < 1.29 is 23.5 Å². The molecule has 7 nitrogen and oxygen atoms in total. The first-order chi connectivity index (χ1) is 17.6. The zero-order chi connectivity index (χ0) is 24.9. The summed E-state index contributed by atoms with van der Waals surface area (Å²) in [4.78, 5) is 25.9. The molecule has 36 heavy (non-hydrogen) atoms. The fourth-order valence-electron chi connectivity index (χ4n) is 4.01. The number of hydrogen-bond donors (Lipinski definition) is 2. The second-order valence-electron chi connectivity index (χ2n) is 8.13. The van der Waals surface area contributed by atoms with Crippen molar-refractivity contribution >= 4 is 40.2 Å². The van der Waals surface area contributed by atoms with Gasteiger partial charge in [0.15, 0.2) is 11.5 Å². The highest BCUT2D eigenvalue weighted by atomic mass is 32.2.